The van der Waals surface area contributed by atoms with Gasteiger partial charge in [-0.2, -0.15) is 0 Å². The molecule has 1 fully saturated rings. The largest absolute Gasteiger partial charge is 0.383 e. The fourth-order valence-electron chi connectivity index (χ4n) is 3.03. The molecule has 3 heteroatoms. The molecule has 1 aliphatic heterocycles. The SMILES string of the molecule is COCCN1CCCCC(N)C1c1cccc(C)c1. The molecule has 3 nitrogen and oxygen atoms in total. The van der Waals surface area contributed by atoms with Crippen molar-refractivity contribution >= 4 is 0 Å². The van der Waals surface area contributed by atoms with Gasteiger partial charge in [-0.15, -0.1) is 0 Å². The molecule has 1 heterocycles. The van der Waals surface area contributed by atoms with Crippen molar-refractivity contribution in [3.05, 3.63) is 35.4 Å². The Balaban J connectivity index is 2.23. The standard InChI is InChI=1S/C16H26N2O/c1-13-6-5-7-14(12-13)16-15(17)8-3-4-9-18(16)10-11-19-2/h5-7,12,15-16H,3-4,8-11,17H2,1-2H3. The van der Waals surface area contributed by atoms with Gasteiger partial charge in [0.05, 0.1) is 6.61 Å². The van der Waals surface area contributed by atoms with Gasteiger partial charge in [-0.3, -0.25) is 4.90 Å². The highest BCUT2D eigenvalue weighted by molar-refractivity contribution is 5.26. The number of benzene rings is 1. The first-order chi connectivity index (χ1) is 9.22. The molecule has 0 amide bonds. The van der Waals surface area contributed by atoms with Crippen LogP contribution in [0.1, 0.15) is 36.4 Å². The van der Waals surface area contributed by atoms with Crippen molar-refractivity contribution in [1.29, 1.82) is 0 Å². The van der Waals surface area contributed by atoms with E-state index in [1.807, 2.05) is 0 Å². The highest BCUT2D eigenvalue weighted by atomic mass is 16.5. The smallest absolute Gasteiger partial charge is 0.0589 e. The van der Waals surface area contributed by atoms with Crippen LogP contribution >= 0.6 is 0 Å². The minimum absolute atomic E-state index is 0.223. The Bertz CT molecular complexity index is 394. The van der Waals surface area contributed by atoms with Gasteiger partial charge in [0, 0.05) is 25.7 Å². The van der Waals surface area contributed by atoms with E-state index in [2.05, 4.69) is 36.1 Å². The molecule has 0 saturated carbocycles. The third-order valence-electron chi connectivity index (χ3n) is 4.00. The predicted octanol–water partition coefficient (Wildman–Crippen LogP) is 2.50. The minimum Gasteiger partial charge on any atom is -0.383 e. The van der Waals surface area contributed by atoms with Crippen molar-refractivity contribution in [2.45, 2.75) is 38.3 Å². The summed E-state index contributed by atoms with van der Waals surface area (Å²) in [6.45, 7) is 5.00. The zero-order chi connectivity index (χ0) is 13.7. The van der Waals surface area contributed by atoms with Crippen LogP contribution < -0.4 is 5.73 Å². The van der Waals surface area contributed by atoms with Crippen LogP contribution in [0.15, 0.2) is 24.3 Å². The van der Waals surface area contributed by atoms with Gasteiger partial charge in [-0.25, -0.2) is 0 Å². The van der Waals surface area contributed by atoms with Gasteiger partial charge in [0.1, 0.15) is 0 Å². The van der Waals surface area contributed by atoms with Crippen LogP contribution in [-0.2, 0) is 4.74 Å². The number of ether oxygens (including phenoxy) is 1. The Morgan fingerprint density at radius 2 is 2.21 bits per heavy atom. The average Bonchev–Trinajstić information content (AvgIpc) is 2.58. The normalized spacial score (nSPS) is 25.2. The number of methoxy groups -OCH3 is 1. The second-order valence-corrected chi connectivity index (χ2v) is 5.55. The quantitative estimate of drug-likeness (QED) is 0.906. The lowest BCUT2D eigenvalue weighted by Crippen LogP contribution is -2.41. The Hall–Kier alpha value is -0.900. The molecule has 1 aliphatic rings. The molecule has 2 N–H and O–H groups in total. The fraction of sp³-hybridized carbons (Fsp3) is 0.625. The maximum Gasteiger partial charge on any atom is 0.0589 e. The lowest BCUT2D eigenvalue weighted by Gasteiger charge is -2.33. The lowest BCUT2D eigenvalue weighted by molar-refractivity contribution is 0.115. The molecule has 0 spiro atoms. The van der Waals surface area contributed by atoms with Gasteiger partial charge in [-0.05, 0) is 31.9 Å². The molecule has 0 aliphatic carbocycles. The van der Waals surface area contributed by atoms with Crippen molar-refractivity contribution in [3.63, 3.8) is 0 Å². The van der Waals surface area contributed by atoms with E-state index in [9.17, 15) is 0 Å². The molecule has 0 bridgehead atoms. The summed E-state index contributed by atoms with van der Waals surface area (Å²) in [5.41, 5.74) is 9.10. The van der Waals surface area contributed by atoms with Crippen LogP contribution in [0, 0.1) is 6.92 Å². The van der Waals surface area contributed by atoms with E-state index in [-0.39, 0.29) is 6.04 Å². The summed E-state index contributed by atoms with van der Waals surface area (Å²) in [6.07, 6.45) is 3.58. The van der Waals surface area contributed by atoms with Gasteiger partial charge in [0.25, 0.3) is 0 Å². The number of nitrogens with zero attached hydrogens (tertiary/aromatic N) is 1. The van der Waals surface area contributed by atoms with Crippen LogP contribution in [0.5, 0.6) is 0 Å². The van der Waals surface area contributed by atoms with Gasteiger partial charge in [0.15, 0.2) is 0 Å². The first-order valence-corrected chi connectivity index (χ1v) is 7.27. The highest BCUT2D eigenvalue weighted by Gasteiger charge is 2.28. The van der Waals surface area contributed by atoms with Crippen molar-refractivity contribution in [2.75, 3.05) is 26.8 Å². The molecule has 106 valence electrons. The summed E-state index contributed by atoms with van der Waals surface area (Å²) in [6, 6.07) is 9.32. The predicted molar refractivity (Wildman–Crippen MR) is 79.2 cm³/mol. The van der Waals surface area contributed by atoms with Gasteiger partial charge in [0.2, 0.25) is 0 Å². The Labute approximate surface area is 116 Å². The molecule has 19 heavy (non-hydrogen) atoms. The van der Waals surface area contributed by atoms with E-state index in [0.717, 1.165) is 26.1 Å². The maximum atomic E-state index is 6.44. The first kappa shape index (κ1) is 14.5. The molecule has 2 rings (SSSR count). The van der Waals surface area contributed by atoms with Crippen LogP contribution in [0.2, 0.25) is 0 Å². The summed E-state index contributed by atoms with van der Waals surface area (Å²) < 4.78 is 5.25. The van der Waals surface area contributed by atoms with E-state index >= 15 is 0 Å². The van der Waals surface area contributed by atoms with Gasteiger partial charge < -0.3 is 10.5 Å². The number of likely N-dealkylation sites (tertiary alicyclic amines) is 1. The second-order valence-electron chi connectivity index (χ2n) is 5.55. The summed E-state index contributed by atoms with van der Waals surface area (Å²) in [7, 11) is 1.76. The Morgan fingerprint density at radius 3 is 2.95 bits per heavy atom. The van der Waals surface area contributed by atoms with Gasteiger partial charge in [-0.1, -0.05) is 36.2 Å². The summed E-state index contributed by atoms with van der Waals surface area (Å²) in [5, 5.41) is 0. The monoisotopic (exact) mass is 262 g/mol. The average molecular weight is 262 g/mol. The molecule has 0 aromatic heterocycles. The summed E-state index contributed by atoms with van der Waals surface area (Å²) >= 11 is 0. The van der Waals surface area contributed by atoms with Crippen LogP contribution in [0.4, 0.5) is 0 Å². The third-order valence-corrected chi connectivity index (χ3v) is 4.00. The van der Waals surface area contributed by atoms with Crippen molar-refractivity contribution < 1.29 is 4.74 Å². The number of nitrogens with two attached hydrogens (primary N) is 1. The number of hydrogen-bond acceptors (Lipinski definition) is 3. The molecule has 1 saturated heterocycles. The fourth-order valence-corrected chi connectivity index (χ4v) is 3.03. The first-order valence-electron chi connectivity index (χ1n) is 7.27. The van der Waals surface area contributed by atoms with E-state index in [0.29, 0.717) is 6.04 Å². The summed E-state index contributed by atoms with van der Waals surface area (Å²) in [4.78, 5) is 2.50. The van der Waals surface area contributed by atoms with Crippen molar-refractivity contribution in [3.8, 4) is 0 Å². The number of hydrogen-bond donors (Lipinski definition) is 1. The molecule has 1 aromatic rings. The van der Waals surface area contributed by atoms with Crippen molar-refractivity contribution in [1.82, 2.24) is 4.90 Å². The Morgan fingerprint density at radius 1 is 1.37 bits per heavy atom. The van der Waals surface area contributed by atoms with E-state index in [1.165, 1.54) is 24.0 Å². The van der Waals surface area contributed by atoms with Gasteiger partial charge >= 0.3 is 0 Å². The molecule has 2 unspecified atom stereocenters. The third kappa shape index (κ3) is 3.78. The number of aryl methyl sites for hydroxylation is 1. The van der Waals surface area contributed by atoms with E-state index < -0.39 is 0 Å². The minimum atomic E-state index is 0.223. The number of rotatable bonds is 4. The zero-order valence-electron chi connectivity index (χ0n) is 12.1. The molecule has 2 atom stereocenters. The maximum absolute atomic E-state index is 6.44. The molecule has 0 radical (unpaired) electrons. The van der Waals surface area contributed by atoms with E-state index in [4.69, 9.17) is 10.5 Å². The molecular formula is C16H26N2O. The topological polar surface area (TPSA) is 38.5 Å². The lowest BCUT2D eigenvalue weighted by atomic mass is 9.95. The highest BCUT2D eigenvalue weighted by Crippen LogP contribution is 2.29. The zero-order valence-corrected chi connectivity index (χ0v) is 12.1. The molecular weight excluding hydrogens is 236 g/mol. The van der Waals surface area contributed by atoms with Crippen LogP contribution in [-0.4, -0.2) is 37.7 Å². The van der Waals surface area contributed by atoms with Crippen molar-refractivity contribution in [2.24, 2.45) is 5.73 Å². The second kappa shape index (κ2) is 7.04. The molecule has 1 aromatic carbocycles. The van der Waals surface area contributed by atoms with Crippen LogP contribution in [0.25, 0.3) is 0 Å². The van der Waals surface area contributed by atoms with Crippen LogP contribution in [0.3, 0.4) is 0 Å². The Kier molecular flexibility index (Phi) is 5.37. The summed E-state index contributed by atoms with van der Waals surface area (Å²) in [5.74, 6) is 0. The van der Waals surface area contributed by atoms with E-state index in [1.54, 1.807) is 7.11 Å².